The monoisotopic (exact) mass is 682 g/mol. The zero-order chi connectivity index (χ0) is 34.6. The van der Waals surface area contributed by atoms with E-state index in [2.05, 4.69) is 66.3 Å². The summed E-state index contributed by atoms with van der Waals surface area (Å²) in [4.78, 5) is 20.7. The van der Waals surface area contributed by atoms with Gasteiger partial charge in [-0.2, -0.15) is 0 Å². The molecule has 9 heteroatoms. The Balaban J connectivity index is 1.27. The minimum Gasteiger partial charge on any atom is -0.491 e. The van der Waals surface area contributed by atoms with Gasteiger partial charge in [0.1, 0.15) is 12.4 Å². The summed E-state index contributed by atoms with van der Waals surface area (Å²) in [6.45, 7) is 13.1. The molecule has 49 heavy (non-hydrogen) atoms. The summed E-state index contributed by atoms with van der Waals surface area (Å²) in [5, 5.41) is 3.02. The maximum absolute atomic E-state index is 13.4. The van der Waals surface area contributed by atoms with Crippen molar-refractivity contribution in [2.75, 3.05) is 43.1 Å². The number of amides is 1. The third kappa shape index (κ3) is 10.2. The molecule has 2 unspecified atom stereocenters. The fourth-order valence-electron chi connectivity index (χ4n) is 5.95. The van der Waals surface area contributed by atoms with Crippen LogP contribution >= 0.6 is 0 Å². The highest BCUT2D eigenvalue weighted by Crippen LogP contribution is 2.33. The van der Waals surface area contributed by atoms with Gasteiger partial charge < -0.3 is 24.3 Å². The van der Waals surface area contributed by atoms with E-state index >= 15 is 0 Å². The SMILES string of the molecule is CCCCOCCOc1ccc(-c2ccc(N3CCC(C)C3)c(/C=C(\C)C(=O)Nc3ccc(S(=O)Cc4cncn4CCC)cc3)c2)cc1. The first-order valence-electron chi connectivity index (χ1n) is 17.5. The summed E-state index contributed by atoms with van der Waals surface area (Å²) in [5.74, 6) is 1.67. The standard InChI is InChI=1S/C40H50N4O4S/c1-5-7-21-47-22-23-48-37-13-8-32(9-14-37)33-10-17-39(43-20-18-30(3)27-43)34(25-33)24-31(4)40(45)42-35-11-15-38(16-12-35)49(46)28-36-26-41-29-44(36)19-6-2/h8-17,24-26,29-30H,5-7,18-23,27-28H2,1-4H3,(H,42,45)/b31-24+. The van der Waals surface area contributed by atoms with Gasteiger partial charge in [-0.15, -0.1) is 0 Å². The van der Waals surface area contributed by atoms with Crippen LogP contribution in [0.2, 0.25) is 0 Å². The summed E-state index contributed by atoms with van der Waals surface area (Å²) < 4.78 is 26.6. The van der Waals surface area contributed by atoms with Crippen molar-refractivity contribution < 1.29 is 18.5 Å². The van der Waals surface area contributed by atoms with Crippen molar-refractivity contribution in [1.29, 1.82) is 0 Å². The molecule has 8 nitrogen and oxygen atoms in total. The number of aromatic nitrogens is 2. The number of unbranched alkanes of at least 4 members (excludes halogenated alkanes) is 1. The zero-order valence-corrected chi connectivity index (χ0v) is 30.1. The number of anilines is 2. The van der Waals surface area contributed by atoms with Gasteiger partial charge in [0.25, 0.3) is 5.91 Å². The molecule has 0 radical (unpaired) electrons. The van der Waals surface area contributed by atoms with E-state index in [-0.39, 0.29) is 5.91 Å². The molecular weight excluding hydrogens is 633 g/mol. The number of benzene rings is 3. The average molecular weight is 683 g/mol. The molecule has 1 aliphatic heterocycles. The fraction of sp³-hybridized carbons (Fsp3) is 0.400. The van der Waals surface area contributed by atoms with Gasteiger partial charge in [0.15, 0.2) is 0 Å². The predicted octanol–water partition coefficient (Wildman–Crippen LogP) is 8.35. The Bertz CT molecular complexity index is 1720. The van der Waals surface area contributed by atoms with Gasteiger partial charge in [-0.05, 0) is 103 Å². The molecule has 1 saturated heterocycles. The van der Waals surface area contributed by atoms with Crippen LogP contribution in [0.25, 0.3) is 17.2 Å². The molecule has 3 aromatic carbocycles. The van der Waals surface area contributed by atoms with Crippen LogP contribution in [0.15, 0.2) is 89.7 Å². The highest BCUT2D eigenvalue weighted by atomic mass is 32.2. The molecule has 4 aromatic rings. The molecule has 1 fully saturated rings. The van der Waals surface area contributed by atoms with E-state index in [1.54, 1.807) is 12.5 Å². The van der Waals surface area contributed by atoms with Crippen LogP contribution in [0.4, 0.5) is 11.4 Å². The third-order valence-corrected chi connectivity index (χ3v) is 10.1. The highest BCUT2D eigenvalue weighted by Gasteiger charge is 2.21. The number of rotatable bonds is 17. The van der Waals surface area contributed by atoms with Crippen molar-refractivity contribution >= 4 is 34.2 Å². The second-order valence-electron chi connectivity index (χ2n) is 12.8. The number of hydrogen-bond acceptors (Lipinski definition) is 6. The molecule has 5 rings (SSSR count). The van der Waals surface area contributed by atoms with E-state index in [4.69, 9.17) is 9.47 Å². The van der Waals surface area contributed by atoms with Gasteiger partial charge in [-0.25, -0.2) is 4.98 Å². The van der Waals surface area contributed by atoms with Crippen LogP contribution < -0.4 is 15.0 Å². The molecule has 1 aliphatic rings. The molecular formula is C40H50N4O4S. The van der Waals surface area contributed by atoms with Crippen molar-refractivity contribution in [2.45, 2.75) is 70.6 Å². The van der Waals surface area contributed by atoms with E-state index in [9.17, 15) is 9.00 Å². The number of nitrogens with one attached hydrogen (secondary N) is 1. The Hall–Kier alpha value is -4.21. The maximum Gasteiger partial charge on any atom is 0.251 e. The minimum absolute atomic E-state index is 0.177. The lowest BCUT2D eigenvalue weighted by Crippen LogP contribution is -2.20. The molecule has 0 bridgehead atoms. The van der Waals surface area contributed by atoms with Crippen molar-refractivity contribution in [1.82, 2.24) is 9.55 Å². The summed E-state index contributed by atoms with van der Waals surface area (Å²) in [6, 6.07) is 21.9. The first kappa shape index (κ1) is 36.1. The lowest BCUT2D eigenvalue weighted by atomic mass is 9.99. The van der Waals surface area contributed by atoms with E-state index in [0.29, 0.717) is 41.0 Å². The van der Waals surface area contributed by atoms with Crippen LogP contribution in [0.3, 0.4) is 0 Å². The maximum atomic E-state index is 13.4. The van der Waals surface area contributed by atoms with E-state index < -0.39 is 10.8 Å². The normalized spacial score (nSPS) is 15.4. The lowest BCUT2D eigenvalue weighted by Gasteiger charge is -2.22. The summed E-state index contributed by atoms with van der Waals surface area (Å²) in [6.07, 6.45) is 9.88. The van der Waals surface area contributed by atoms with Crippen molar-refractivity contribution in [2.24, 2.45) is 5.92 Å². The van der Waals surface area contributed by atoms with Crippen molar-refractivity contribution in [3.05, 3.63) is 96.1 Å². The highest BCUT2D eigenvalue weighted by molar-refractivity contribution is 7.84. The quantitative estimate of drug-likeness (QED) is 0.0890. The molecule has 260 valence electrons. The van der Waals surface area contributed by atoms with E-state index in [0.717, 1.165) is 85.7 Å². The van der Waals surface area contributed by atoms with Gasteiger partial charge in [-0.3, -0.25) is 9.00 Å². The van der Waals surface area contributed by atoms with Gasteiger partial charge in [0.05, 0.1) is 35.2 Å². The molecule has 0 saturated carbocycles. The Morgan fingerprint density at radius 3 is 2.49 bits per heavy atom. The van der Waals surface area contributed by atoms with Crippen LogP contribution in [-0.4, -0.2) is 52.6 Å². The molecule has 2 heterocycles. The van der Waals surface area contributed by atoms with Gasteiger partial charge in [-0.1, -0.05) is 45.4 Å². The van der Waals surface area contributed by atoms with Crippen LogP contribution in [0.1, 0.15) is 64.6 Å². The first-order valence-corrected chi connectivity index (χ1v) is 18.8. The number of carbonyl (C=O) groups is 1. The minimum atomic E-state index is -1.21. The smallest absolute Gasteiger partial charge is 0.251 e. The molecule has 0 aliphatic carbocycles. The van der Waals surface area contributed by atoms with E-state index in [1.807, 2.05) is 54.0 Å². The fourth-order valence-corrected chi connectivity index (χ4v) is 7.06. The molecule has 0 spiro atoms. The number of imidazole rings is 1. The number of carbonyl (C=O) groups excluding carboxylic acids is 1. The topological polar surface area (TPSA) is 85.7 Å². The predicted molar refractivity (Wildman–Crippen MR) is 200 cm³/mol. The Morgan fingerprint density at radius 2 is 1.78 bits per heavy atom. The van der Waals surface area contributed by atoms with Crippen molar-refractivity contribution in [3.8, 4) is 16.9 Å². The average Bonchev–Trinajstić information content (AvgIpc) is 3.75. The van der Waals surface area contributed by atoms with Crippen LogP contribution in [-0.2, 0) is 32.6 Å². The molecule has 1 amide bonds. The molecule has 2 atom stereocenters. The van der Waals surface area contributed by atoms with Gasteiger partial charge in [0, 0.05) is 54.3 Å². The number of nitrogens with zero attached hydrogens (tertiary/aromatic N) is 3. The number of aryl methyl sites for hydroxylation is 1. The second kappa shape index (κ2) is 18.0. The number of hydrogen-bond donors (Lipinski definition) is 1. The Labute approximate surface area is 294 Å². The van der Waals surface area contributed by atoms with Gasteiger partial charge in [0.2, 0.25) is 0 Å². The molecule has 1 aromatic heterocycles. The largest absolute Gasteiger partial charge is 0.491 e. The Kier molecular flexibility index (Phi) is 13.2. The van der Waals surface area contributed by atoms with Crippen LogP contribution in [0, 0.1) is 5.92 Å². The first-order chi connectivity index (χ1) is 23.8. The Morgan fingerprint density at radius 1 is 1.00 bits per heavy atom. The summed E-state index contributed by atoms with van der Waals surface area (Å²) in [7, 11) is -1.21. The zero-order valence-electron chi connectivity index (χ0n) is 29.3. The van der Waals surface area contributed by atoms with Gasteiger partial charge >= 0.3 is 0 Å². The van der Waals surface area contributed by atoms with E-state index in [1.165, 1.54) is 0 Å². The lowest BCUT2D eigenvalue weighted by molar-refractivity contribution is -0.112. The summed E-state index contributed by atoms with van der Waals surface area (Å²) in [5.41, 5.74) is 6.52. The summed E-state index contributed by atoms with van der Waals surface area (Å²) >= 11 is 0. The van der Waals surface area contributed by atoms with Crippen molar-refractivity contribution in [3.63, 3.8) is 0 Å². The number of ether oxygens (including phenoxy) is 2. The second-order valence-corrected chi connectivity index (χ2v) is 14.3. The molecule has 1 N–H and O–H groups in total. The van der Waals surface area contributed by atoms with Crippen LogP contribution in [0.5, 0.6) is 5.75 Å². The third-order valence-electron chi connectivity index (χ3n) is 8.77.